The van der Waals surface area contributed by atoms with Gasteiger partial charge in [-0.1, -0.05) is 60.7 Å². The average molecular weight is 566 g/mol. The number of carbonyl (C=O) groups is 1. The first-order valence-corrected chi connectivity index (χ1v) is 14.0. The van der Waals surface area contributed by atoms with Crippen molar-refractivity contribution >= 4 is 16.9 Å². The van der Waals surface area contributed by atoms with Crippen molar-refractivity contribution in [3.8, 4) is 17.6 Å². The second-order valence-electron chi connectivity index (χ2n) is 10.2. The highest BCUT2D eigenvalue weighted by molar-refractivity contribution is 5.89. The molecule has 1 saturated heterocycles. The molecule has 0 spiro atoms. The molecule has 0 saturated carbocycles. The van der Waals surface area contributed by atoms with E-state index < -0.39 is 6.09 Å². The fourth-order valence-electron chi connectivity index (χ4n) is 5.34. The summed E-state index contributed by atoms with van der Waals surface area (Å²) in [6, 6.07) is 29.4. The number of carboxylic acid groups (broad SMARTS) is 1. The number of methoxy groups -OCH3 is 1. The van der Waals surface area contributed by atoms with Crippen LogP contribution in [0.3, 0.4) is 0 Å². The molecule has 0 radical (unpaired) electrons. The van der Waals surface area contributed by atoms with Crippen LogP contribution in [0, 0.1) is 11.3 Å². The summed E-state index contributed by atoms with van der Waals surface area (Å²) in [5.74, 6) is 1.44. The van der Waals surface area contributed by atoms with Gasteiger partial charge in [0.15, 0.2) is 0 Å². The summed E-state index contributed by atoms with van der Waals surface area (Å²) in [5.41, 5.74) is 3.45. The van der Waals surface area contributed by atoms with E-state index in [9.17, 15) is 9.90 Å². The maximum Gasteiger partial charge on any atom is 0.137 e. The molecule has 4 aromatic carbocycles. The van der Waals surface area contributed by atoms with E-state index in [0.717, 1.165) is 33.2 Å². The summed E-state index contributed by atoms with van der Waals surface area (Å²) >= 11 is 0. The maximum atomic E-state index is 11.7. The molecule has 0 N–H and O–H groups in total. The lowest BCUT2D eigenvalue weighted by Gasteiger charge is -2.40. The Labute approximate surface area is 245 Å². The molecule has 216 valence electrons. The Hall–Kier alpha value is -4.58. The minimum atomic E-state index is -1.19. The van der Waals surface area contributed by atoms with E-state index in [2.05, 4.69) is 6.07 Å². The van der Waals surface area contributed by atoms with Gasteiger partial charge >= 0.3 is 0 Å². The van der Waals surface area contributed by atoms with E-state index in [1.807, 2.05) is 78.9 Å². The minimum Gasteiger partial charge on any atom is -0.530 e. The molecule has 42 heavy (non-hydrogen) atoms. The van der Waals surface area contributed by atoms with Crippen LogP contribution < -0.4 is 14.6 Å². The molecule has 1 aliphatic heterocycles. The number of nitriles is 1. The van der Waals surface area contributed by atoms with E-state index in [1.54, 1.807) is 13.2 Å². The molecular formula is C34H33N2O6-. The van der Waals surface area contributed by atoms with E-state index in [0.29, 0.717) is 44.1 Å². The van der Waals surface area contributed by atoms with Crippen molar-refractivity contribution in [1.29, 1.82) is 5.26 Å². The van der Waals surface area contributed by atoms with E-state index in [1.165, 1.54) is 4.90 Å². The average Bonchev–Trinajstić information content (AvgIpc) is 3.03. The van der Waals surface area contributed by atoms with Crippen LogP contribution in [0.4, 0.5) is 4.79 Å². The van der Waals surface area contributed by atoms with Crippen molar-refractivity contribution in [2.24, 2.45) is 0 Å². The van der Waals surface area contributed by atoms with E-state index in [4.69, 9.17) is 24.2 Å². The fraction of sp³-hybridized carbons (Fsp3) is 0.294. The molecule has 8 heteroatoms. The number of benzene rings is 4. The molecule has 8 nitrogen and oxygen atoms in total. The van der Waals surface area contributed by atoms with Crippen LogP contribution in [0.25, 0.3) is 10.8 Å². The van der Waals surface area contributed by atoms with Gasteiger partial charge in [0.1, 0.15) is 30.8 Å². The van der Waals surface area contributed by atoms with Crippen LogP contribution in [-0.2, 0) is 22.7 Å². The Bertz CT molecular complexity index is 1550. The predicted molar refractivity (Wildman–Crippen MR) is 156 cm³/mol. The number of likely N-dealkylation sites (tertiary alicyclic amines) is 1. The van der Waals surface area contributed by atoms with Gasteiger partial charge < -0.3 is 33.7 Å². The molecule has 0 aromatic heterocycles. The summed E-state index contributed by atoms with van der Waals surface area (Å²) in [6.45, 7) is 2.07. The SMILES string of the molecule is COCCOc1c(COC2CN(C(=O)[O-])CCC2c2ccc(OCc3cccc(C#N)c3)cc2)ccc2ccccc12. The highest BCUT2D eigenvalue weighted by atomic mass is 16.5. The number of hydrogen-bond donors (Lipinski definition) is 0. The molecule has 2 atom stereocenters. The second-order valence-corrected chi connectivity index (χ2v) is 10.2. The van der Waals surface area contributed by atoms with Crippen LogP contribution in [0.1, 0.15) is 34.6 Å². The number of rotatable bonds is 11. The van der Waals surface area contributed by atoms with Gasteiger partial charge in [0.05, 0.1) is 31.0 Å². The number of amides is 1. The van der Waals surface area contributed by atoms with Gasteiger partial charge in [0.25, 0.3) is 0 Å². The lowest BCUT2D eigenvalue weighted by Crippen LogP contribution is -2.51. The first-order chi connectivity index (χ1) is 20.6. The van der Waals surface area contributed by atoms with Gasteiger partial charge in [-0.15, -0.1) is 0 Å². The lowest BCUT2D eigenvalue weighted by molar-refractivity contribution is -0.268. The number of fused-ring (bicyclic) bond motifs is 1. The van der Waals surface area contributed by atoms with Gasteiger partial charge in [0.2, 0.25) is 0 Å². The maximum absolute atomic E-state index is 11.7. The monoisotopic (exact) mass is 565 g/mol. The minimum absolute atomic E-state index is 0.0136. The van der Waals surface area contributed by atoms with Gasteiger partial charge in [-0.3, -0.25) is 0 Å². The Balaban J connectivity index is 1.31. The summed E-state index contributed by atoms with van der Waals surface area (Å²) in [7, 11) is 1.63. The molecule has 1 fully saturated rings. The zero-order valence-corrected chi connectivity index (χ0v) is 23.5. The number of piperidine rings is 1. The summed E-state index contributed by atoms with van der Waals surface area (Å²) in [5, 5.41) is 22.9. The largest absolute Gasteiger partial charge is 0.530 e. The number of ether oxygens (including phenoxy) is 4. The van der Waals surface area contributed by atoms with Gasteiger partial charge in [-0.2, -0.15) is 5.26 Å². The van der Waals surface area contributed by atoms with Crippen molar-refractivity contribution in [1.82, 2.24) is 4.90 Å². The zero-order valence-electron chi connectivity index (χ0n) is 23.5. The highest BCUT2D eigenvalue weighted by Gasteiger charge is 2.31. The molecule has 2 unspecified atom stereocenters. The standard InChI is InChI=1S/C34H34N2O6/c1-39-17-18-40-33-28(10-9-26-7-2-3-8-31(26)33)23-42-32-21-36(34(37)38)16-15-30(32)27-11-13-29(14-12-27)41-22-25-6-4-5-24(19-25)20-35/h2-14,19,30,32H,15-18,21-23H2,1H3,(H,37,38)/p-1. The van der Waals surface area contributed by atoms with Crippen LogP contribution in [0.5, 0.6) is 11.5 Å². The third kappa shape index (κ3) is 7.00. The smallest absolute Gasteiger partial charge is 0.137 e. The number of nitrogens with zero attached hydrogens (tertiary/aromatic N) is 2. The molecule has 0 bridgehead atoms. The highest BCUT2D eigenvalue weighted by Crippen LogP contribution is 2.35. The molecular weight excluding hydrogens is 532 g/mol. The van der Waals surface area contributed by atoms with E-state index >= 15 is 0 Å². The van der Waals surface area contributed by atoms with Crippen molar-refractivity contribution in [2.45, 2.75) is 31.7 Å². The first kappa shape index (κ1) is 28.9. The molecule has 5 rings (SSSR count). The molecule has 4 aromatic rings. The summed E-state index contributed by atoms with van der Waals surface area (Å²) < 4.78 is 23.7. The number of hydrogen-bond acceptors (Lipinski definition) is 7. The predicted octanol–water partition coefficient (Wildman–Crippen LogP) is 5.03. The Morgan fingerprint density at radius 1 is 0.976 bits per heavy atom. The quantitative estimate of drug-likeness (QED) is 0.235. The van der Waals surface area contributed by atoms with Gasteiger partial charge in [0, 0.05) is 37.1 Å². The third-order valence-electron chi connectivity index (χ3n) is 7.54. The van der Waals surface area contributed by atoms with Crippen molar-refractivity contribution in [3.63, 3.8) is 0 Å². The van der Waals surface area contributed by atoms with Gasteiger partial charge in [-0.25, -0.2) is 0 Å². The van der Waals surface area contributed by atoms with E-state index in [-0.39, 0.29) is 25.2 Å². The van der Waals surface area contributed by atoms with Crippen LogP contribution in [0.2, 0.25) is 0 Å². The zero-order chi connectivity index (χ0) is 29.3. The first-order valence-electron chi connectivity index (χ1n) is 14.0. The third-order valence-corrected chi connectivity index (χ3v) is 7.54. The Morgan fingerprint density at radius 2 is 1.81 bits per heavy atom. The van der Waals surface area contributed by atoms with Gasteiger partial charge in [-0.05, 0) is 47.2 Å². The number of carbonyl (C=O) groups excluding carboxylic acids is 1. The van der Waals surface area contributed by atoms with Crippen LogP contribution in [-0.4, -0.2) is 50.5 Å². The van der Waals surface area contributed by atoms with Crippen LogP contribution in [0.15, 0.2) is 84.9 Å². The van der Waals surface area contributed by atoms with Crippen LogP contribution >= 0.6 is 0 Å². The molecule has 1 aliphatic rings. The lowest BCUT2D eigenvalue weighted by atomic mass is 9.87. The molecule has 1 heterocycles. The fourth-order valence-corrected chi connectivity index (χ4v) is 5.34. The normalized spacial score (nSPS) is 16.6. The topological polar surface area (TPSA) is 104 Å². The molecule has 1 amide bonds. The Kier molecular flexibility index (Phi) is 9.55. The summed E-state index contributed by atoms with van der Waals surface area (Å²) in [4.78, 5) is 13.0. The van der Waals surface area contributed by atoms with Crippen molar-refractivity contribution in [2.75, 3.05) is 33.4 Å². The molecule has 0 aliphatic carbocycles. The van der Waals surface area contributed by atoms with Crippen molar-refractivity contribution in [3.05, 3.63) is 107 Å². The van der Waals surface area contributed by atoms with Crippen molar-refractivity contribution < 1.29 is 28.8 Å². The summed E-state index contributed by atoms with van der Waals surface area (Å²) in [6.07, 6.45) is -0.967. The second kappa shape index (κ2) is 13.9. The Morgan fingerprint density at radius 3 is 2.60 bits per heavy atom.